The Morgan fingerprint density at radius 2 is 2.13 bits per heavy atom. The Bertz CT molecular complexity index is 834. The summed E-state index contributed by atoms with van der Waals surface area (Å²) in [7, 11) is 0. The van der Waals surface area contributed by atoms with Crippen molar-refractivity contribution in [1.82, 2.24) is 15.1 Å². The maximum absolute atomic E-state index is 12.7. The van der Waals surface area contributed by atoms with Crippen molar-refractivity contribution in [3.8, 4) is 5.75 Å². The van der Waals surface area contributed by atoms with Gasteiger partial charge >= 0.3 is 0 Å². The van der Waals surface area contributed by atoms with Gasteiger partial charge in [-0.15, -0.1) is 0 Å². The molecule has 1 aromatic rings. The number of nitrogens with one attached hydrogen (secondary N) is 1. The van der Waals surface area contributed by atoms with Crippen molar-refractivity contribution in [2.45, 2.75) is 45.1 Å². The van der Waals surface area contributed by atoms with Crippen LogP contribution in [0.25, 0.3) is 0 Å². The first-order valence-corrected chi connectivity index (χ1v) is 10.9. The Morgan fingerprint density at radius 1 is 1.33 bits per heavy atom. The number of fused-ring (bicyclic) bond motifs is 2. The van der Waals surface area contributed by atoms with Gasteiger partial charge in [-0.25, -0.2) is 4.99 Å². The normalized spacial score (nSPS) is 20.9. The van der Waals surface area contributed by atoms with E-state index in [4.69, 9.17) is 4.74 Å². The first-order chi connectivity index (χ1) is 14.5. The Hall–Kier alpha value is -2.61. The van der Waals surface area contributed by atoms with Crippen molar-refractivity contribution in [1.29, 1.82) is 0 Å². The number of ether oxygens (including phenoxy) is 1. The summed E-state index contributed by atoms with van der Waals surface area (Å²) in [5, 5.41) is 12.1. The second-order valence-electron chi connectivity index (χ2n) is 8.36. The summed E-state index contributed by atoms with van der Waals surface area (Å²) in [6, 6.07) is 5.54. The van der Waals surface area contributed by atoms with Crippen molar-refractivity contribution in [2.75, 3.05) is 32.8 Å². The van der Waals surface area contributed by atoms with E-state index in [1.165, 1.54) is 19.3 Å². The lowest BCUT2D eigenvalue weighted by Crippen LogP contribution is -2.40. The van der Waals surface area contributed by atoms with Crippen LogP contribution in [0.4, 0.5) is 5.69 Å². The maximum atomic E-state index is 12.7. The van der Waals surface area contributed by atoms with Gasteiger partial charge in [-0.05, 0) is 43.9 Å². The summed E-state index contributed by atoms with van der Waals surface area (Å²) in [6.45, 7) is 3.25. The lowest BCUT2D eigenvalue weighted by atomic mass is 9.89. The highest BCUT2D eigenvalue weighted by molar-refractivity contribution is 6.06. The summed E-state index contributed by atoms with van der Waals surface area (Å²) in [6.07, 6.45) is 6.01. The quantitative estimate of drug-likeness (QED) is 0.711. The molecule has 162 valence electrons. The number of hydrogen-bond acceptors (Lipinski definition) is 6. The highest BCUT2D eigenvalue weighted by Gasteiger charge is 2.34. The molecule has 1 aromatic carbocycles. The zero-order chi connectivity index (χ0) is 21.1. The van der Waals surface area contributed by atoms with Crippen LogP contribution in [0.5, 0.6) is 5.75 Å². The van der Waals surface area contributed by atoms with Crippen molar-refractivity contribution in [2.24, 2.45) is 10.9 Å². The lowest BCUT2D eigenvalue weighted by molar-refractivity contribution is -0.134. The number of carbonyl (C=O) groups excluding carboxylic acids is 2. The summed E-state index contributed by atoms with van der Waals surface area (Å²) in [4.78, 5) is 32.6. The number of amides is 2. The minimum Gasteiger partial charge on any atom is -0.484 e. The highest BCUT2D eigenvalue weighted by atomic mass is 16.5. The number of nitrogens with zero attached hydrogens (tertiary/aromatic N) is 3. The van der Waals surface area contributed by atoms with Gasteiger partial charge in [0.25, 0.3) is 5.91 Å². The molecule has 8 heteroatoms. The Labute approximate surface area is 176 Å². The molecule has 0 radical (unpaired) electrons. The molecule has 2 fully saturated rings. The van der Waals surface area contributed by atoms with Gasteiger partial charge in [-0.2, -0.15) is 0 Å². The third kappa shape index (κ3) is 4.43. The van der Waals surface area contributed by atoms with E-state index in [9.17, 15) is 14.7 Å². The van der Waals surface area contributed by atoms with Gasteiger partial charge < -0.3 is 19.6 Å². The molecule has 0 bridgehead atoms. The zero-order valence-electron chi connectivity index (χ0n) is 17.5. The van der Waals surface area contributed by atoms with Crippen LogP contribution in [-0.4, -0.2) is 65.5 Å². The number of rotatable bonds is 7. The molecule has 30 heavy (non-hydrogen) atoms. The number of aliphatic hydroxyl groups excluding tert-OH is 1. The second-order valence-corrected chi connectivity index (χ2v) is 8.36. The van der Waals surface area contributed by atoms with Crippen LogP contribution in [0.2, 0.25) is 0 Å². The fraction of sp³-hybridized carbons (Fsp3) is 0.591. The molecule has 1 aliphatic carbocycles. The van der Waals surface area contributed by atoms with E-state index in [1.807, 2.05) is 24.0 Å². The largest absolute Gasteiger partial charge is 0.484 e. The third-order valence-corrected chi connectivity index (χ3v) is 6.27. The fourth-order valence-electron chi connectivity index (χ4n) is 4.58. The van der Waals surface area contributed by atoms with Gasteiger partial charge in [-0.1, -0.05) is 19.3 Å². The van der Waals surface area contributed by atoms with Crippen molar-refractivity contribution in [3.63, 3.8) is 0 Å². The number of hydrogen-bond donors (Lipinski definition) is 2. The van der Waals surface area contributed by atoms with Gasteiger partial charge in [0, 0.05) is 18.7 Å². The molecule has 3 aliphatic rings. The maximum Gasteiger partial charge on any atom is 0.260 e. The van der Waals surface area contributed by atoms with Gasteiger partial charge in [0.15, 0.2) is 6.61 Å². The van der Waals surface area contributed by atoms with Crippen LogP contribution in [0.15, 0.2) is 23.2 Å². The molecule has 0 aromatic heterocycles. The average molecular weight is 415 g/mol. The van der Waals surface area contributed by atoms with Gasteiger partial charge in [-0.3, -0.25) is 14.9 Å². The van der Waals surface area contributed by atoms with E-state index >= 15 is 0 Å². The zero-order valence-corrected chi connectivity index (χ0v) is 17.5. The topological polar surface area (TPSA) is 94.5 Å². The number of guanidine groups is 1. The number of benzene rings is 1. The standard InChI is InChI=1S/C22H30N4O4/c1-15-18-11-17(7-8-19(18)23-22-24-20(28)13-26(15)22)30-14-21(29)25(9-10-27)12-16-5-3-2-4-6-16/h7-8,11,15-16,27H,2-6,9-10,12-14H2,1H3,(H,23,24,28). The summed E-state index contributed by atoms with van der Waals surface area (Å²) >= 11 is 0. The van der Waals surface area contributed by atoms with Crippen molar-refractivity contribution in [3.05, 3.63) is 23.8 Å². The second kappa shape index (κ2) is 9.04. The van der Waals surface area contributed by atoms with E-state index in [-0.39, 0.29) is 31.1 Å². The molecule has 4 rings (SSSR count). The van der Waals surface area contributed by atoms with Gasteiger partial charge in [0.2, 0.25) is 11.9 Å². The fourth-order valence-corrected chi connectivity index (χ4v) is 4.58. The van der Waals surface area contributed by atoms with Crippen molar-refractivity contribution < 1.29 is 19.4 Å². The number of carbonyl (C=O) groups is 2. The minimum atomic E-state index is -0.102. The highest BCUT2D eigenvalue weighted by Crippen LogP contribution is 2.37. The minimum absolute atomic E-state index is 0.0112. The van der Waals surface area contributed by atoms with Crippen LogP contribution >= 0.6 is 0 Å². The van der Waals surface area contributed by atoms with Crippen LogP contribution in [0, 0.1) is 5.92 Å². The van der Waals surface area contributed by atoms with E-state index in [1.54, 1.807) is 11.0 Å². The molecule has 8 nitrogen and oxygen atoms in total. The monoisotopic (exact) mass is 414 g/mol. The number of aliphatic imine (C=N–C) groups is 1. The molecule has 1 saturated heterocycles. The average Bonchev–Trinajstić information content (AvgIpc) is 3.13. The predicted molar refractivity (Wildman–Crippen MR) is 113 cm³/mol. The number of aliphatic hydroxyl groups is 1. The van der Waals surface area contributed by atoms with Crippen LogP contribution < -0.4 is 10.1 Å². The van der Waals surface area contributed by atoms with E-state index in [2.05, 4.69) is 10.3 Å². The van der Waals surface area contributed by atoms with Gasteiger partial charge in [0.1, 0.15) is 12.3 Å². The molecule has 1 unspecified atom stereocenters. The Kier molecular flexibility index (Phi) is 6.22. The first kappa shape index (κ1) is 20.7. The van der Waals surface area contributed by atoms with Crippen LogP contribution in [0.3, 0.4) is 0 Å². The third-order valence-electron chi connectivity index (χ3n) is 6.27. The van der Waals surface area contributed by atoms with E-state index in [0.29, 0.717) is 37.3 Å². The van der Waals surface area contributed by atoms with E-state index < -0.39 is 0 Å². The smallest absolute Gasteiger partial charge is 0.260 e. The van der Waals surface area contributed by atoms with Crippen molar-refractivity contribution >= 4 is 23.5 Å². The molecular formula is C22H30N4O4. The molecule has 2 aliphatic heterocycles. The van der Waals surface area contributed by atoms with Crippen LogP contribution in [0.1, 0.15) is 50.6 Å². The summed E-state index contributed by atoms with van der Waals surface area (Å²) in [5.41, 5.74) is 1.77. The molecule has 1 saturated carbocycles. The molecule has 1 atom stereocenters. The van der Waals surface area contributed by atoms with E-state index in [0.717, 1.165) is 24.1 Å². The van der Waals surface area contributed by atoms with Crippen LogP contribution in [-0.2, 0) is 9.59 Å². The predicted octanol–water partition coefficient (Wildman–Crippen LogP) is 1.96. The molecule has 2 amide bonds. The Balaban J connectivity index is 1.39. The SMILES string of the molecule is CC1c2cc(OCC(=O)N(CCO)CC3CCCCC3)ccc2N=C2NC(=O)CN21. The first-order valence-electron chi connectivity index (χ1n) is 10.9. The molecule has 2 heterocycles. The molecule has 0 spiro atoms. The summed E-state index contributed by atoms with van der Waals surface area (Å²) < 4.78 is 5.81. The molecule has 2 N–H and O–H groups in total. The Morgan fingerprint density at radius 3 is 2.90 bits per heavy atom. The summed E-state index contributed by atoms with van der Waals surface area (Å²) in [5.74, 6) is 1.55. The lowest BCUT2D eigenvalue weighted by Gasteiger charge is -2.30. The van der Waals surface area contributed by atoms with Gasteiger partial charge in [0.05, 0.1) is 18.3 Å². The molecular weight excluding hydrogens is 384 g/mol.